The maximum Gasteiger partial charge on any atom is 0.0342 e. The number of nitrogens with one attached hydrogen (secondary N) is 1. The molecule has 1 aliphatic heterocycles. The zero-order valence-corrected chi connectivity index (χ0v) is 15.8. The van der Waals surface area contributed by atoms with Crippen molar-refractivity contribution in [3.63, 3.8) is 0 Å². The SMILES string of the molecule is CC.CC.c1ccc(CN2CCC(Nc3ccccc3)CC2)cc1. The highest BCUT2D eigenvalue weighted by Crippen LogP contribution is 2.17. The summed E-state index contributed by atoms with van der Waals surface area (Å²) in [5, 5.41) is 3.64. The third-order valence-electron chi connectivity index (χ3n) is 3.98. The van der Waals surface area contributed by atoms with Crippen molar-refractivity contribution in [3.8, 4) is 0 Å². The smallest absolute Gasteiger partial charge is 0.0342 e. The molecule has 2 aromatic carbocycles. The topological polar surface area (TPSA) is 15.3 Å². The lowest BCUT2D eigenvalue weighted by Gasteiger charge is -2.32. The van der Waals surface area contributed by atoms with E-state index in [0.29, 0.717) is 6.04 Å². The highest BCUT2D eigenvalue weighted by atomic mass is 15.1. The number of hydrogen-bond donors (Lipinski definition) is 1. The van der Waals surface area contributed by atoms with Gasteiger partial charge in [0.2, 0.25) is 0 Å². The third-order valence-corrected chi connectivity index (χ3v) is 3.98. The van der Waals surface area contributed by atoms with E-state index in [0.717, 1.165) is 6.54 Å². The van der Waals surface area contributed by atoms with E-state index in [1.54, 1.807) is 0 Å². The molecular formula is C22H34N2. The van der Waals surface area contributed by atoms with Gasteiger partial charge in [-0.2, -0.15) is 0 Å². The van der Waals surface area contributed by atoms with Crippen molar-refractivity contribution < 1.29 is 0 Å². The number of piperidine rings is 1. The van der Waals surface area contributed by atoms with Gasteiger partial charge in [0.25, 0.3) is 0 Å². The monoisotopic (exact) mass is 326 g/mol. The van der Waals surface area contributed by atoms with Crippen LogP contribution in [-0.2, 0) is 6.54 Å². The van der Waals surface area contributed by atoms with Gasteiger partial charge >= 0.3 is 0 Å². The molecule has 3 rings (SSSR count). The fourth-order valence-electron chi connectivity index (χ4n) is 2.85. The Morgan fingerprint density at radius 3 is 1.83 bits per heavy atom. The first-order chi connectivity index (χ1) is 11.9. The van der Waals surface area contributed by atoms with E-state index >= 15 is 0 Å². The van der Waals surface area contributed by atoms with E-state index < -0.39 is 0 Å². The number of anilines is 1. The Balaban J connectivity index is 0.000000671. The summed E-state index contributed by atoms with van der Waals surface area (Å²) >= 11 is 0. The fraction of sp³-hybridized carbons (Fsp3) is 0.455. The Bertz CT molecular complexity index is 453. The van der Waals surface area contributed by atoms with Crippen LogP contribution >= 0.6 is 0 Å². The molecule has 2 nitrogen and oxygen atoms in total. The molecule has 0 radical (unpaired) electrons. The summed E-state index contributed by atoms with van der Waals surface area (Å²) in [6.45, 7) is 11.4. The van der Waals surface area contributed by atoms with Crippen LogP contribution in [0.25, 0.3) is 0 Å². The molecule has 0 atom stereocenters. The molecule has 0 aliphatic carbocycles. The molecular weight excluding hydrogens is 292 g/mol. The van der Waals surface area contributed by atoms with Crippen molar-refractivity contribution in [2.45, 2.75) is 53.1 Å². The Kier molecular flexibility index (Phi) is 10.6. The molecule has 1 saturated heterocycles. The molecule has 1 aliphatic rings. The first-order valence-electron chi connectivity index (χ1n) is 9.48. The van der Waals surface area contributed by atoms with Crippen LogP contribution in [0.1, 0.15) is 46.1 Å². The Labute approximate surface area is 148 Å². The van der Waals surface area contributed by atoms with Crippen LogP contribution in [0.5, 0.6) is 0 Å². The average Bonchev–Trinajstić information content (AvgIpc) is 2.68. The fourth-order valence-corrected chi connectivity index (χ4v) is 2.85. The van der Waals surface area contributed by atoms with Crippen molar-refractivity contribution in [1.29, 1.82) is 0 Å². The van der Waals surface area contributed by atoms with Crippen molar-refractivity contribution in [2.24, 2.45) is 0 Å². The molecule has 1 N–H and O–H groups in total. The zero-order valence-electron chi connectivity index (χ0n) is 15.8. The van der Waals surface area contributed by atoms with Gasteiger partial charge < -0.3 is 5.32 Å². The van der Waals surface area contributed by atoms with Gasteiger partial charge in [0, 0.05) is 31.4 Å². The van der Waals surface area contributed by atoms with E-state index in [1.807, 2.05) is 27.7 Å². The summed E-state index contributed by atoms with van der Waals surface area (Å²) in [5.74, 6) is 0. The lowest BCUT2D eigenvalue weighted by Crippen LogP contribution is -2.38. The minimum atomic E-state index is 0.615. The molecule has 2 heteroatoms. The largest absolute Gasteiger partial charge is 0.382 e. The van der Waals surface area contributed by atoms with E-state index in [1.165, 1.54) is 37.2 Å². The predicted octanol–water partition coefficient (Wildman–Crippen LogP) is 5.82. The van der Waals surface area contributed by atoms with Crippen LogP contribution in [-0.4, -0.2) is 24.0 Å². The maximum atomic E-state index is 3.64. The second kappa shape index (κ2) is 12.6. The molecule has 132 valence electrons. The van der Waals surface area contributed by atoms with Crippen LogP contribution in [0, 0.1) is 0 Å². The second-order valence-corrected chi connectivity index (χ2v) is 5.55. The second-order valence-electron chi connectivity index (χ2n) is 5.55. The standard InChI is InChI=1S/C18H22N2.2C2H6/c1-3-7-16(8-4-1)15-20-13-11-18(12-14-20)19-17-9-5-2-6-10-17;2*1-2/h1-10,18-19H,11-15H2;2*1-2H3. The van der Waals surface area contributed by atoms with Gasteiger partial charge in [-0.3, -0.25) is 4.90 Å². The lowest BCUT2D eigenvalue weighted by molar-refractivity contribution is 0.211. The van der Waals surface area contributed by atoms with Gasteiger partial charge in [0.1, 0.15) is 0 Å². The predicted molar refractivity (Wildman–Crippen MR) is 108 cm³/mol. The summed E-state index contributed by atoms with van der Waals surface area (Å²) in [4.78, 5) is 2.55. The number of hydrogen-bond acceptors (Lipinski definition) is 2. The number of para-hydroxylation sites is 1. The lowest BCUT2D eigenvalue weighted by atomic mass is 10.0. The summed E-state index contributed by atoms with van der Waals surface area (Å²) in [6, 6.07) is 21.9. The number of benzene rings is 2. The minimum absolute atomic E-state index is 0.615. The van der Waals surface area contributed by atoms with Crippen molar-refractivity contribution in [3.05, 3.63) is 66.2 Å². The molecule has 2 aromatic rings. The number of likely N-dealkylation sites (tertiary alicyclic amines) is 1. The highest BCUT2D eigenvalue weighted by molar-refractivity contribution is 5.43. The number of rotatable bonds is 4. The van der Waals surface area contributed by atoms with Crippen LogP contribution < -0.4 is 5.32 Å². The summed E-state index contributed by atoms with van der Waals surface area (Å²) in [6.07, 6.45) is 2.45. The Hall–Kier alpha value is -1.80. The maximum absolute atomic E-state index is 3.64. The van der Waals surface area contributed by atoms with E-state index in [9.17, 15) is 0 Å². The van der Waals surface area contributed by atoms with Gasteiger partial charge in [-0.15, -0.1) is 0 Å². The van der Waals surface area contributed by atoms with Crippen molar-refractivity contribution in [1.82, 2.24) is 4.90 Å². The quantitative estimate of drug-likeness (QED) is 0.762. The van der Waals surface area contributed by atoms with E-state index in [4.69, 9.17) is 0 Å². The van der Waals surface area contributed by atoms with Gasteiger partial charge in [0.15, 0.2) is 0 Å². The van der Waals surface area contributed by atoms with Crippen molar-refractivity contribution in [2.75, 3.05) is 18.4 Å². The summed E-state index contributed by atoms with van der Waals surface area (Å²) in [5.41, 5.74) is 2.66. The number of nitrogens with zero attached hydrogens (tertiary/aromatic N) is 1. The molecule has 0 unspecified atom stereocenters. The van der Waals surface area contributed by atoms with E-state index in [-0.39, 0.29) is 0 Å². The van der Waals surface area contributed by atoms with Crippen LogP contribution in [0.3, 0.4) is 0 Å². The molecule has 0 aromatic heterocycles. The molecule has 24 heavy (non-hydrogen) atoms. The first kappa shape index (κ1) is 20.2. The van der Waals surface area contributed by atoms with Crippen molar-refractivity contribution >= 4 is 5.69 Å². The highest BCUT2D eigenvalue weighted by Gasteiger charge is 2.18. The molecule has 1 heterocycles. The minimum Gasteiger partial charge on any atom is -0.382 e. The average molecular weight is 327 g/mol. The summed E-state index contributed by atoms with van der Waals surface area (Å²) < 4.78 is 0. The van der Waals surface area contributed by atoms with Gasteiger partial charge in [-0.05, 0) is 30.5 Å². The van der Waals surface area contributed by atoms with Gasteiger partial charge in [0.05, 0.1) is 0 Å². The molecule has 0 amide bonds. The van der Waals surface area contributed by atoms with Crippen LogP contribution in [0.15, 0.2) is 60.7 Å². The first-order valence-corrected chi connectivity index (χ1v) is 9.48. The Morgan fingerprint density at radius 1 is 0.792 bits per heavy atom. The summed E-state index contributed by atoms with van der Waals surface area (Å²) in [7, 11) is 0. The molecule has 0 saturated carbocycles. The zero-order chi connectivity index (χ0) is 17.6. The Morgan fingerprint density at radius 2 is 1.29 bits per heavy atom. The molecule has 0 spiro atoms. The van der Waals surface area contributed by atoms with Crippen LogP contribution in [0.2, 0.25) is 0 Å². The van der Waals surface area contributed by atoms with Crippen LogP contribution in [0.4, 0.5) is 5.69 Å². The van der Waals surface area contributed by atoms with Gasteiger partial charge in [-0.25, -0.2) is 0 Å². The van der Waals surface area contributed by atoms with E-state index in [2.05, 4.69) is 70.9 Å². The normalized spacial score (nSPS) is 14.7. The molecule has 1 fully saturated rings. The molecule has 0 bridgehead atoms. The third kappa shape index (κ3) is 7.18. The van der Waals surface area contributed by atoms with Gasteiger partial charge in [-0.1, -0.05) is 76.2 Å².